The second kappa shape index (κ2) is 4.26. The number of benzene rings is 1. The van der Waals surface area contributed by atoms with E-state index in [0.717, 1.165) is 5.56 Å². The van der Waals surface area contributed by atoms with Gasteiger partial charge in [0.05, 0.1) is 4.92 Å². The highest BCUT2D eigenvalue weighted by atomic mass is 35.5. The Balaban J connectivity index is 2.42. The van der Waals surface area contributed by atoms with Gasteiger partial charge in [0.1, 0.15) is 5.02 Å². The second-order valence-electron chi connectivity index (χ2n) is 3.94. The van der Waals surface area contributed by atoms with E-state index in [2.05, 4.69) is 0 Å². The molecule has 1 aliphatic carbocycles. The van der Waals surface area contributed by atoms with Crippen molar-refractivity contribution in [2.45, 2.75) is 19.8 Å². The van der Waals surface area contributed by atoms with Gasteiger partial charge in [-0.25, -0.2) is 0 Å². The molecular formula is C12H12ClNO2. The van der Waals surface area contributed by atoms with Crippen LogP contribution in [0.1, 0.15) is 25.3 Å². The summed E-state index contributed by atoms with van der Waals surface area (Å²) in [4.78, 5) is 10.3. The molecule has 0 amide bonds. The van der Waals surface area contributed by atoms with Crippen LogP contribution in [0.4, 0.5) is 5.69 Å². The number of hydrogen-bond donors (Lipinski definition) is 0. The number of hydrogen-bond acceptors (Lipinski definition) is 2. The fourth-order valence-electron chi connectivity index (χ4n) is 1.86. The van der Waals surface area contributed by atoms with Gasteiger partial charge in [0.25, 0.3) is 5.69 Å². The highest BCUT2D eigenvalue weighted by Crippen LogP contribution is 2.43. The molecule has 84 valence electrons. The van der Waals surface area contributed by atoms with Crippen LogP contribution in [0, 0.1) is 16.0 Å². The molecule has 2 rings (SSSR count). The molecule has 0 bridgehead atoms. The van der Waals surface area contributed by atoms with Crippen molar-refractivity contribution in [2.75, 3.05) is 0 Å². The summed E-state index contributed by atoms with van der Waals surface area (Å²) in [6.07, 6.45) is 4.39. The normalized spacial score (nSPS) is 16.2. The highest BCUT2D eigenvalue weighted by Gasteiger charge is 2.27. The van der Waals surface area contributed by atoms with E-state index in [4.69, 9.17) is 11.6 Å². The molecule has 1 aromatic carbocycles. The zero-order chi connectivity index (χ0) is 11.7. The fourth-order valence-corrected chi connectivity index (χ4v) is 2.05. The van der Waals surface area contributed by atoms with Crippen molar-refractivity contribution in [1.29, 1.82) is 0 Å². The van der Waals surface area contributed by atoms with Gasteiger partial charge in [-0.15, -0.1) is 0 Å². The Morgan fingerprint density at radius 1 is 1.56 bits per heavy atom. The predicted octanol–water partition coefficient (Wildman–Crippen LogP) is 4.06. The lowest BCUT2D eigenvalue weighted by Crippen LogP contribution is -1.93. The Labute approximate surface area is 98.9 Å². The number of nitro benzene ring substituents is 1. The topological polar surface area (TPSA) is 43.1 Å². The van der Waals surface area contributed by atoms with Crippen molar-refractivity contribution >= 4 is 22.9 Å². The zero-order valence-electron chi connectivity index (χ0n) is 8.94. The maximum atomic E-state index is 10.8. The van der Waals surface area contributed by atoms with Crippen molar-refractivity contribution in [1.82, 2.24) is 0 Å². The van der Waals surface area contributed by atoms with Gasteiger partial charge in [0, 0.05) is 6.07 Å². The lowest BCUT2D eigenvalue weighted by Gasteiger charge is -2.05. The van der Waals surface area contributed by atoms with Gasteiger partial charge in [-0.3, -0.25) is 10.1 Å². The van der Waals surface area contributed by atoms with Gasteiger partial charge in [0.15, 0.2) is 0 Å². The molecule has 1 saturated carbocycles. The van der Waals surface area contributed by atoms with E-state index in [0.29, 0.717) is 5.92 Å². The van der Waals surface area contributed by atoms with Crippen LogP contribution >= 0.6 is 11.6 Å². The molecule has 0 N–H and O–H groups in total. The van der Waals surface area contributed by atoms with Crippen LogP contribution in [0.2, 0.25) is 5.02 Å². The van der Waals surface area contributed by atoms with E-state index in [9.17, 15) is 10.1 Å². The van der Waals surface area contributed by atoms with Gasteiger partial charge >= 0.3 is 0 Å². The smallest absolute Gasteiger partial charge is 0.258 e. The standard InChI is InChI=1S/C12H12ClNO2/c1-2-10(8-3-4-8)9-5-6-11(13)12(7-9)14(15)16/h2,5-8H,3-4H2,1H3/b10-2-. The minimum Gasteiger partial charge on any atom is -0.258 e. The quantitative estimate of drug-likeness (QED) is 0.588. The minimum atomic E-state index is -0.438. The Bertz CT molecular complexity index is 464. The van der Waals surface area contributed by atoms with Crippen LogP contribution in [0.15, 0.2) is 24.3 Å². The number of nitro groups is 1. The maximum absolute atomic E-state index is 10.8. The largest absolute Gasteiger partial charge is 0.288 e. The van der Waals surface area contributed by atoms with Gasteiger partial charge in [-0.2, -0.15) is 0 Å². The zero-order valence-corrected chi connectivity index (χ0v) is 9.70. The predicted molar refractivity (Wildman–Crippen MR) is 64.5 cm³/mol. The van der Waals surface area contributed by atoms with E-state index in [1.54, 1.807) is 12.1 Å². The Morgan fingerprint density at radius 2 is 2.25 bits per heavy atom. The lowest BCUT2D eigenvalue weighted by atomic mass is 10.0. The molecule has 0 heterocycles. The van der Waals surface area contributed by atoms with Crippen LogP contribution < -0.4 is 0 Å². The van der Waals surface area contributed by atoms with Gasteiger partial charge < -0.3 is 0 Å². The molecule has 0 saturated heterocycles. The SMILES string of the molecule is C/C=C(\c1ccc(Cl)c([N+](=O)[O-])c1)C1CC1. The summed E-state index contributed by atoms with van der Waals surface area (Å²) in [5, 5.41) is 11.0. The van der Waals surface area contributed by atoms with Gasteiger partial charge in [-0.1, -0.05) is 23.7 Å². The summed E-state index contributed by atoms with van der Waals surface area (Å²) >= 11 is 5.77. The molecule has 0 aliphatic heterocycles. The molecule has 1 fully saturated rings. The Morgan fingerprint density at radius 3 is 2.75 bits per heavy atom. The van der Waals surface area contributed by atoms with Gasteiger partial charge in [-0.05, 0) is 42.9 Å². The number of halogens is 1. The Hall–Kier alpha value is -1.35. The molecule has 0 atom stereocenters. The van der Waals surface area contributed by atoms with E-state index in [1.165, 1.54) is 18.4 Å². The van der Waals surface area contributed by atoms with Crippen molar-refractivity contribution in [3.8, 4) is 0 Å². The average Bonchev–Trinajstić information content (AvgIpc) is 3.05. The highest BCUT2D eigenvalue weighted by molar-refractivity contribution is 6.32. The molecule has 3 nitrogen and oxygen atoms in total. The van der Waals surface area contributed by atoms with Crippen molar-refractivity contribution in [3.63, 3.8) is 0 Å². The number of nitrogens with zero attached hydrogens (tertiary/aromatic N) is 1. The van der Waals surface area contributed by atoms with Crippen molar-refractivity contribution in [3.05, 3.63) is 45.0 Å². The van der Waals surface area contributed by atoms with E-state index < -0.39 is 4.92 Å². The third kappa shape index (κ3) is 2.09. The lowest BCUT2D eigenvalue weighted by molar-refractivity contribution is -0.384. The summed E-state index contributed by atoms with van der Waals surface area (Å²) < 4.78 is 0. The molecule has 0 unspecified atom stereocenters. The molecule has 1 aromatic rings. The van der Waals surface area contributed by atoms with Crippen molar-refractivity contribution in [2.24, 2.45) is 5.92 Å². The number of rotatable bonds is 3. The van der Waals surface area contributed by atoms with E-state index in [1.807, 2.05) is 19.1 Å². The molecule has 4 heteroatoms. The molecule has 1 aliphatic rings. The maximum Gasteiger partial charge on any atom is 0.288 e. The first-order chi connectivity index (χ1) is 7.63. The molecule has 0 radical (unpaired) electrons. The summed E-state index contributed by atoms with van der Waals surface area (Å²) in [5.41, 5.74) is 2.10. The molecule has 0 aromatic heterocycles. The first kappa shape index (κ1) is 11.1. The summed E-state index contributed by atoms with van der Waals surface area (Å²) in [6.45, 7) is 1.97. The van der Waals surface area contributed by atoms with Crippen LogP contribution in [-0.4, -0.2) is 4.92 Å². The molecule has 16 heavy (non-hydrogen) atoms. The fraction of sp³-hybridized carbons (Fsp3) is 0.333. The Kier molecular flexibility index (Phi) is 2.97. The van der Waals surface area contributed by atoms with Crippen LogP contribution in [-0.2, 0) is 0 Å². The monoisotopic (exact) mass is 237 g/mol. The summed E-state index contributed by atoms with van der Waals surface area (Å²) in [7, 11) is 0. The number of allylic oxidation sites excluding steroid dienone is 2. The minimum absolute atomic E-state index is 0.0147. The second-order valence-corrected chi connectivity index (χ2v) is 4.35. The summed E-state index contributed by atoms with van der Waals surface area (Å²) in [6, 6.07) is 5.01. The van der Waals surface area contributed by atoms with Crippen LogP contribution in [0.25, 0.3) is 5.57 Å². The van der Waals surface area contributed by atoms with Crippen LogP contribution in [0.5, 0.6) is 0 Å². The van der Waals surface area contributed by atoms with Gasteiger partial charge in [0.2, 0.25) is 0 Å². The van der Waals surface area contributed by atoms with E-state index >= 15 is 0 Å². The first-order valence-electron chi connectivity index (χ1n) is 5.24. The molecule has 0 spiro atoms. The third-order valence-corrected chi connectivity index (χ3v) is 3.12. The average molecular weight is 238 g/mol. The van der Waals surface area contributed by atoms with Crippen LogP contribution in [0.3, 0.4) is 0 Å². The third-order valence-electron chi connectivity index (χ3n) is 2.80. The van der Waals surface area contributed by atoms with E-state index in [-0.39, 0.29) is 10.7 Å². The molecular weight excluding hydrogens is 226 g/mol. The van der Waals surface area contributed by atoms with Crippen molar-refractivity contribution < 1.29 is 4.92 Å². The summed E-state index contributed by atoms with van der Waals surface area (Å²) in [5.74, 6) is 0.575. The first-order valence-corrected chi connectivity index (χ1v) is 5.61.